The Morgan fingerprint density at radius 1 is 1.08 bits per heavy atom. The monoisotopic (exact) mass is 509 g/mol. The number of β-amino-alcohol motifs (C(OH)–C–C–N with tert-alkyl or cyclic N) is 1. The third-order valence-corrected chi connectivity index (χ3v) is 7.48. The SMILES string of the molecule is CCC(C)C(=O)Cc1cc(C(=O)NCCC(O)CN2CCN(c3cccc(C)c3OC)CC2)ccc1C. The highest BCUT2D eigenvalue weighted by atomic mass is 16.5. The number of Topliss-reactive ketones (excluding diaryl/α,β-unsaturated/α-hetero) is 1. The van der Waals surface area contributed by atoms with Gasteiger partial charge in [-0.1, -0.05) is 32.0 Å². The molecule has 0 aliphatic carbocycles. The van der Waals surface area contributed by atoms with E-state index in [1.807, 2.05) is 32.9 Å². The van der Waals surface area contributed by atoms with Crippen molar-refractivity contribution in [2.75, 3.05) is 51.3 Å². The third kappa shape index (κ3) is 7.79. The van der Waals surface area contributed by atoms with E-state index in [1.54, 1.807) is 13.2 Å². The largest absolute Gasteiger partial charge is 0.494 e. The maximum absolute atomic E-state index is 12.7. The van der Waals surface area contributed by atoms with Crippen molar-refractivity contribution in [1.29, 1.82) is 0 Å². The minimum Gasteiger partial charge on any atom is -0.494 e. The van der Waals surface area contributed by atoms with Gasteiger partial charge >= 0.3 is 0 Å². The average molecular weight is 510 g/mol. The highest BCUT2D eigenvalue weighted by molar-refractivity contribution is 5.95. The van der Waals surface area contributed by atoms with Crippen LogP contribution in [0.3, 0.4) is 0 Å². The van der Waals surface area contributed by atoms with Crippen LogP contribution in [0.4, 0.5) is 5.69 Å². The molecule has 7 nitrogen and oxygen atoms in total. The second-order valence-electron chi connectivity index (χ2n) is 10.2. The van der Waals surface area contributed by atoms with Crippen molar-refractivity contribution in [3.63, 3.8) is 0 Å². The van der Waals surface area contributed by atoms with E-state index in [9.17, 15) is 14.7 Å². The predicted octanol–water partition coefficient (Wildman–Crippen LogP) is 3.77. The molecule has 37 heavy (non-hydrogen) atoms. The molecule has 202 valence electrons. The van der Waals surface area contributed by atoms with E-state index in [0.717, 1.165) is 60.7 Å². The number of aliphatic hydroxyl groups excluding tert-OH is 1. The Labute approximate surface area is 221 Å². The quantitative estimate of drug-likeness (QED) is 0.453. The highest BCUT2D eigenvalue weighted by Crippen LogP contribution is 2.32. The van der Waals surface area contributed by atoms with Gasteiger partial charge in [-0.3, -0.25) is 14.5 Å². The number of methoxy groups -OCH3 is 1. The standard InChI is InChI=1S/C30H43N3O4/c1-6-21(2)28(35)19-25-18-24(11-10-22(25)3)30(36)31-13-12-26(34)20-32-14-16-33(17-15-32)27-9-7-8-23(4)29(27)37-5/h7-11,18,21,26,34H,6,12-17,19-20H2,1-5H3,(H,31,36). The van der Waals surface area contributed by atoms with Gasteiger partial charge in [0.1, 0.15) is 11.5 Å². The van der Waals surface area contributed by atoms with Gasteiger partial charge in [0.25, 0.3) is 5.91 Å². The van der Waals surface area contributed by atoms with Gasteiger partial charge in [-0.25, -0.2) is 0 Å². The fourth-order valence-corrected chi connectivity index (χ4v) is 4.76. The molecule has 2 aromatic rings. The van der Waals surface area contributed by atoms with E-state index in [1.165, 1.54) is 0 Å². The van der Waals surface area contributed by atoms with Crippen LogP contribution in [-0.2, 0) is 11.2 Å². The molecule has 1 aliphatic rings. The first kappa shape index (κ1) is 28.7. The second-order valence-corrected chi connectivity index (χ2v) is 10.2. The molecule has 0 bridgehead atoms. The topological polar surface area (TPSA) is 82.1 Å². The van der Waals surface area contributed by atoms with Crippen molar-refractivity contribution in [3.05, 3.63) is 58.7 Å². The summed E-state index contributed by atoms with van der Waals surface area (Å²) in [6, 6.07) is 11.7. The van der Waals surface area contributed by atoms with Crippen LogP contribution in [0.5, 0.6) is 5.75 Å². The molecule has 2 aromatic carbocycles. The molecule has 1 saturated heterocycles. The van der Waals surface area contributed by atoms with E-state index in [2.05, 4.69) is 40.2 Å². The number of amides is 1. The fraction of sp³-hybridized carbons (Fsp3) is 0.533. The molecular weight excluding hydrogens is 466 g/mol. The molecule has 1 fully saturated rings. The number of carbonyl (C=O) groups is 2. The lowest BCUT2D eigenvalue weighted by molar-refractivity contribution is -0.121. The maximum atomic E-state index is 12.7. The lowest BCUT2D eigenvalue weighted by Gasteiger charge is -2.37. The number of carbonyl (C=O) groups excluding carboxylic acids is 2. The van der Waals surface area contributed by atoms with Gasteiger partial charge in [0.2, 0.25) is 0 Å². The van der Waals surface area contributed by atoms with E-state index >= 15 is 0 Å². The Hall–Kier alpha value is -2.90. The van der Waals surface area contributed by atoms with Gasteiger partial charge in [0.05, 0.1) is 18.9 Å². The minimum absolute atomic E-state index is 0.0201. The number of para-hydroxylation sites is 1. The number of aliphatic hydroxyl groups is 1. The summed E-state index contributed by atoms with van der Waals surface area (Å²) in [6.07, 6.45) is 1.15. The molecule has 0 saturated carbocycles. The number of aryl methyl sites for hydroxylation is 2. The van der Waals surface area contributed by atoms with Gasteiger partial charge in [-0.05, 0) is 61.6 Å². The zero-order valence-corrected chi connectivity index (χ0v) is 23.0. The van der Waals surface area contributed by atoms with E-state index in [-0.39, 0.29) is 17.6 Å². The fourth-order valence-electron chi connectivity index (χ4n) is 4.76. The number of ketones is 1. The molecular formula is C30H43N3O4. The lowest BCUT2D eigenvalue weighted by atomic mass is 9.94. The van der Waals surface area contributed by atoms with Crippen molar-refractivity contribution < 1.29 is 19.4 Å². The van der Waals surface area contributed by atoms with E-state index < -0.39 is 6.10 Å². The van der Waals surface area contributed by atoms with Gasteiger partial charge in [0, 0.05) is 57.2 Å². The van der Waals surface area contributed by atoms with Gasteiger partial charge in [-0.2, -0.15) is 0 Å². The molecule has 2 N–H and O–H groups in total. The van der Waals surface area contributed by atoms with Crippen LogP contribution in [0.15, 0.2) is 36.4 Å². The first-order valence-electron chi connectivity index (χ1n) is 13.4. The first-order valence-corrected chi connectivity index (χ1v) is 13.4. The van der Waals surface area contributed by atoms with Gasteiger partial charge in [-0.15, -0.1) is 0 Å². The van der Waals surface area contributed by atoms with Gasteiger partial charge in [0.15, 0.2) is 0 Å². The Balaban J connectivity index is 1.43. The van der Waals surface area contributed by atoms with Crippen LogP contribution in [0.2, 0.25) is 0 Å². The molecule has 3 rings (SSSR count). The number of ether oxygens (including phenoxy) is 1. The summed E-state index contributed by atoms with van der Waals surface area (Å²) >= 11 is 0. The van der Waals surface area contributed by atoms with Crippen LogP contribution in [-0.4, -0.2) is 74.2 Å². The van der Waals surface area contributed by atoms with E-state index in [4.69, 9.17) is 4.74 Å². The number of hydrogen-bond acceptors (Lipinski definition) is 6. The molecule has 1 heterocycles. The average Bonchev–Trinajstić information content (AvgIpc) is 2.89. The summed E-state index contributed by atoms with van der Waals surface area (Å²) in [5, 5.41) is 13.5. The number of hydrogen-bond donors (Lipinski definition) is 2. The van der Waals surface area contributed by atoms with Crippen LogP contribution < -0.4 is 15.0 Å². The normalized spacial score (nSPS) is 15.8. The van der Waals surface area contributed by atoms with E-state index in [0.29, 0.717) is 31.5 Å². The molecule has 2 atom stereocenters. The van der Waals surface area contributed by atoms with Crippen LogP contribution in [0.1, 0.15) is 53.7 Å². The minimum atomic E-state index is -0.512. The summed E-state index contributed by atoms with van der Waals surface area (Å²) in [4.78, 5) is 29.7. The zero-order chi connectivity index (χ0) is 26.9. The summed E-state index contributed by atoms with van der Waals surface area (Å²) in [7, 11) is 1.71. The molecule has 0 spiro atoms. The number of benzene rings is 2. The smallest absolute Gasteiger partial charge is 0.251 e. The number of nitrogens with one attached hydrogen (secondary N) is 1. The van der Waals surface area contributed by atoms with Crippen molar-refractivity contribution in [2.45, 2.75) is 53.1 Å². The van der Waals surface area contributed by atoms with Crippen molar-refractivity contribution in [3.8, 4) is 5.75 Å². The first-order chi connectivity index (χ1) is 17.7. The Morgan fingerprint density at radius 2 is 1.81 bits per heavy atom. The highest BCUT2D eigenvalue weighted by Gasteiger charge is 2.22. The summed E-state index contributed by atoms with van der Waals surface area (Å²) < 4.78 is 5.61. The molecule has 0 radical (unpaired) electrons. The van der Waals surface area contributed by atoms with Crippen molar-refractivity contribution in [1.82, 2.24) is 10.2 Å². The summed E-state index contributed by atoms with van der Waals surface area (Å²) in [5.41, 5.74) is 4.72. The second kappa shape index (κ2) is 13.6. The summed E-state index contributed by atoms with van der Waals surface area (Å²) in [5.74, 6) is 0.969. The number of rotatable bonds is 12. The Morgan fingerprint density at radius 3 is 2.49 bits per heavy atom. The molecule has 0 aromatic heterocycles. The number of piperazine rings is 1. The molecule has 7 heteroatoms. The van der Waals surface area contributed by atoms with Crippen LogP contribution >= 0.6 is 0 Å². The zero-order valence-electron chi connectivity index (χ0n) is 23.0. The predicted molar refractivity (Wildman–Crippen MR) is 149 cm³/mol. The Kier molecular flexibility index (Phi) is 10.5. The molecule has 1 aliphatic heterocycles. The molecule has 1 amide bonds. The lowest BCUT2D eigenvalue weighted by Crippen LogP contribution is -2.49. The van der Waals surface area contributed by atoms with Gasteiger partial charge < -0.3 is 20.1 Å². The number of anilines is 1. The number of nitrogens with zero attached hydrogens (tertiary/aromatic N) is 2. The third-order valence-electron chi connectivity index (χ3n) is 7.48. The summed E-state index contributed by atoms with van der Waals surface area (Å²) in [6.45, 7) is 12.4. The van der Waals surface area contributed by atoms with Crippen molar-refractivity contribution in [2.24, 2.45) is 5.92 Å². The maximum Gasteiger partial charge on any atom is 0.251 e. The molecule has 2 unspecified atom stereocenters. The van der Waals surface area contributed by atoms with Crippen LogP contribution in [0.25, 0.3) is 0 Å². The van der Waals surface area contributed by atoms with Crippen LogP contribution in [0, 0.1) is 19.8 Å². The Bertz CT molecular complexity index is 1060. The van der Waals surface area contributed by atoms with Crippen molar-refractivity contribution >= 4 is 17.4 Å².